The molecule has 150 valence electrons. The lowest BCUT2D eigenvalue weighted by Crippen LogP contribution is -2.17. The van der Waals surface area contributed by atoms with Crippen LogP contribution >= 0.6 is 0 Å². The Morgan fingerprint density at radius 2 is 1.67 bits per heavy atom. The number of aryl methyl sites for hydroxylation is 1. The van der Waals surface area contributed by atoms with Crippen LogP contribution in [0.5, 0.6) is 5.75 Å². The smallest absolute Gasteiger partial charge is 0.275 e. The van der Waals surface area contributed by atoms with Gasteiger partial charge in [-0.1, -0.05) is 36.4 Å². The van der Waals surface area contributed by atoms with E-state index in [0.717, 1.165) is 11.1 Å². The molecule has 7 heteroatoms. The van der Waals surface area contributed by atoms with Crippen molar-refractivity contribution in [1.29, 1.82) is 0 Å². The molecule has 0 unspecified atom stereocenters. The molecule has 2 heterocycles. The molecule has 0 radical (unpaired) electrons. The number of phenolic OH excluding ortho intramolecular Hbond substituents is 1. The van der Waals surface area contributed by atoms with Crippen LogP contribution in [-0.2, 0) is 11.8 Å². The van der Waals surface area contributed by atoms with Crippen molar-refractivity contribution in [1.82, 2.24) is 14.8 Å². The molecule has 1 aromatic heterocycles. The summed E-state index contributed by atoms with van der Waals surface area (Å²) in [5.41, 5.74) is 3.55. The van der Waals surface area contributed by atoms with Crippen molar-refractivity contribution in [3.05, 3.63) is 93.8 Å². The van der Waals surface area contributed by atoms with Gasteiger partial charge >= 0.3 is 0 Å². The molecule has 0 bridgehead atoms. The Labute approximate surface area is 172 Å². The third kappa shape index (κ3) is 3.48. The zero-order valence-corrected chi connectivity index (χ0v) is 16.5. The number of aromatic hydroxyl groups is 1. The quantitative estimate of drug-likeness (QED) is 0.660. The summed E-state index contributed by atoms with van der Waals surface area (Å²) in [7, 11) is 3.25. The minimum atomic E-state index is -0.209. The Morgan fingerprint density at radius 3 is 2.37 bits per heavy atom. The second-order valence-corrected chi connectivity index (χ2v) is 6.89. The Morgan fingerprint density at radius 1 is 0.967 bits per heavy atom. The second kappa shape index (κ2) is 7.71. The van der Waals surface area contributed by atoms with Crippen molar-refractivity contribution in [3.8, 4) is 17.0 Å². The van der Waals surface area contributed by atoms with Crippen LogP contribution in [0.2, 0.25) is 0 Å². The van der Waals surface area contributed by atoms with Crippen molar-refractivity contribution in [2.75, 3.05) is 7.05 Å². The lowest BCUT2D eigenvalue weighted by molar-refractivity contribution is -0.124. The van der Waals surface area contributed by atoms with Gasteiger partial charge in [-0.2, -0.15) is 5.10 Å². The number of nitrogens with zero attached hydrogens (tertiary/aromatic N) is 3. The molecular weight excluding hydrogens is 380 g/mol. The third-order valence-electron chi connectivity index (χ3n) is 4.84. The van der Waals surface area contributed by atoms with E-state index in [0.29, 0.717) is 22.5 Å². The van der Waals surface area contributed by atoms with Crippen LogP contribution in [0.3, 0.4) is 0 Å². The monoisotopic (exact) mass is 400 g/mol. The Balaban J connectivity index is 1.71. The Kier molecular flexibility index (Phi) is 4.93. The van der Waals surface area contributed by atoms with Gasteiger partial charge < -0.3 is 5.11 Å². The van der Waals surface area contributed by atoms with E-state index in [1.807, 2.05) is 30.3 Å². The molecule has 3 aromatic rings. The Hall–Kier alpha value is -4.13. The largest absolute Gasteiger partial charge is 0.508 e. The van der Waals surface area contributed by atoms with Crippen LogP contribution < -0.4 is 5.56 Å². The number of rotatable bonds is 4. The number of amides is 1. The molecule has 0 spiro atoms. The van der Waals surface area contributed by atoms with Gasteiger partial charge in [0.1, 0.15) is 11.5 Å². The van der Waals surface area contributed by atoms with E-state index < -0.39 is 0 Å². The van der Waals surface area contributed by atoms with E-state index in [4.69, 9.17) is 0 Å². The number of aromatic nitrogens is 2. The summed E-state index contributed by atoms with van der Waals surface area (Å²) in [6.07, 6.45) is 5.02. The lowest BCUT2D eigenvalue weighted by Gasteiger charge is -2.01. The first-order chi connectivity index (χ1) is 14.5. The highest BCUT2D eigenvalue weighted by Crippen LogP contribution is 2.24. The number of hydrogen-bond donors (Lipinski definition) is 2. The maximum absolute atomic E-state index is 12.6. The van der Waals surface area contributed by atoms with Crippen molar-refractivity contribution in [3.63, 3.8) is 0 Å². The third-order valence-corrected chi connectivity index (χ3v) is 4.84. The number of carbonyl (C=O) groups excluding carboxylic acids is 1. The van der Waals surface area contributed by atoms with Crippen LogP contribution in [-0.4, -0.2) is 38.6 Å². The van der Waals surface area contributed by atoms with E-state index >= 15 is 0 Å². The number of carbonyl (C=O) groups is 1. The molecule has 1 aliphatic rings. The predicted molar refractivity (Wildman–Crippen MR) is 116 cm³/mol. The summed E-state index contributed by atoms with van der Waals surface area (Å²) in [5.74, 6) is -0.0605. The van der Waals surface area contributed by atoms with Gasteiger partial charge in [-0.3, -0.25) is 19.4 Å². The van der Waals surface area contributed by atoms with Crippen molar-refractivity contribution >= 4 is 17.7 Å². The molecule has 2 N–H and O–H groups in total. The molecule has 0 aliphatic carbocycles. The molecule has 30 heavy (non-hydrogen) atoms. The van der Waals surface area contributed by atoms with Crippen LogP contribution in [0.4, 0.5) is 0 Å². The first-order valence-electron chi connectivity index (χ1n) is 9.35. The van der Waals surface area contributed by atoms with Crippen LogP contribution in [0.1, 0.15) is 11.1 Å². The number of nitrogens with one attached hydrogen (secondary N) is 1. The Bertz CT molecular complexity index is 1250. The summed E-state index contributed by atoms with van der Waals surface area (Å²) in [6, 6.07) is 16.1. The van der Waals surface area contributed by atoms with Gasteiger partial charge in [-0.15, -0.1) is 0 Å². The zero-order chi connectivity index (χ0) is 21.3. The zero-order valence-electron chi connectivity index (χ0n) is 16.5. The molecule has 1 amide bonds. The average Bonchev–Trinajstić information content (AvgIpc) is 3.20. The molecule has 2 aromatic carbocycles. The fourth-order valence-electron chi connectivity index (χ4n) is 3.29. The minimum absolute atomic E-state index is 0.149. The number of aromatic amines is 1. The first-order valence-corrected chi connectivity index (χ1v) is 9.35. The summed E-state index contributed by atoms with van der Waals surface area (Å²) in [6.45, 7) is 0. The van der Waals surface area contributed by atoms with E-state index in [-0.39, 0.29) is 17.2 Å². The van der Waals surface area contributed by atoms with E-state index in [1.54, 1.807) is 56.6 Å². The average molecular weight is 400 g/mol. The van der Waals surface area contributed by atoms with E-state index in [9.17, 15) is 14.7 Å². The summed E-state index contributed by atoms with van der Waals surface area (Å²) >= 11 is 0. The van der Waals surface area contributed by atoms with Gasteiger partial charge in [-0.25, -0.2) is 5.01 Å². The number of hydrogen-bond acceptors (Lipinski definition) is 4. The minimum Gasteiger partial charge on any atom is -0.508 e. The highest BCUT2D eigenvalue weighted by atomic mass is 16.3. The number of likely N-dealkylation sites (N-methyl/N-ethyl adjacent to an activating group) is 1. The maximum Gasteiger partial charge on any atom is 0.275 e. The molecule has 1 aliphatic heterocycles. The van der Waals surface area contributed by atoms with Crippen LogP contribution in [0, 0.1) is 0 Å². The van der Waals surface area contributed by atoms with E-state index in [2.05, 4.69) is 10.2 Å². The highest BCUT2D eigenvalue weighted by Gasteiger charge is 2.27. The van der Waals surface area contributed by atoms with E-state index in [1.165, 1.54) is 9.69 Å². The van der Waals surface area contributed by atoms with Gasteiger partial charge in [0, 0.05) is 25.2 Å². The van der Waals surface area contributed by atoms with Gasteiger partial charge in [0.05, 0.1) is 16.8 Å². The molecule has 4 rings (SSSR count). The normalized spacial score (nSPS) is 15.4. The molecule has 0 atom stereocenters. The van der Waals surface area contributed by atoms with Crippen LogP contribution in [0.15, 0.2) is 82.2 Å². The maximum atomic E-state index is 12.6. The van der Waals surface area contributed by atoms with Gasteiger partial charge in [0.15, 0.2) is 0 Å². The fourth-order valence-corrected chi connectivity index (χ4v) is 3.29. The molecule has 0 saturated carbocycles. The number of H-pyrrole nitrogens is 1. The number of allylic oxidation sites excluding steroid dienone is 2. The molecule has 0 fully saturated rings. The topological polar surface area (TPSA) is 90.7 Å². The standard InChI is InChI=1S/C23H20N4O3/c1-26-22(29)18(20(24-26)15-7-4-3-5-8-15)9-6-10-19-21(25-27(2)23(19)30)16-11-13-17(28)14-12-16/h3-14,25,28H,1-2H3/b10-6+,18-9-. The summed E-state index contributed by atoms with van der Waals surface area (Å²) < 4.78 is 1.39. The second-order valence-electron chi connectivity index (χ2n) is 6.89. The first kappa shape index (κ1) is 19.2. The van der Waals surface area contributed by atoms with Crippen molar-refractivity contribution in [2.24, 2.45) is 12.1 Å². The van der Waals surface area contributed by atoms with Gasteiger partial charge in [-0.05, 0) is 36.4 Å². The van der Waals surface area contributed by atoms with Gasteiger partial charge in [0.2, 0.25) is 0 Å². The number of hydrazone groups is 1. The van der Waals surface area contributed by atoms with Crippen LogP contribution in [0.25, 0.3) is 17.3 Å². The highest BCUT2D eigenvalue weighted by molar-refractivity contribution is 6.30. The summed E-state index contributed by atoms with van der Waals surface area (Å²) in [5, 5.41) is 18.2. The number of benzene rings is 2. The van der Waals surface area contributed by atoms with Crippen molar-refractivity contribution in [2.45, 2.75) is 0 Å². The SMILES string of the molecule is CN1N=C(c2ccccc2)/C(=C/C=C/c2c(-c3ccc(O)cc3)[nH]n(C)c2=O)C1=O. The predicted octanol–water partition coefficient (Wildman–Crippen LogP) is 2.90. The molecule has 7 nitrogen and oxygen atoms in total. The molecule has 0 saturated heterocycles. The number of phenols is 1. The lowest BCUT2D eigenvalue weighted by atomic mass is 10.0. The fraction of sp³-hybridized carbons (Fsp3) is 0.0870. The van der Waals surface area contributed by atoms with Gasteiger partial charge in [0.25, 0.3) is 11.5 Å². The summed E-state index contributed by atoms with van der Waals surface area (Å²) in [4.78, 5) is 25.1. The molecular formula is C23H20N4O3. The van der Waals surface area contributed by atoms with Crippen molar-refractivity contribution < 1.29 is 9.90 Å².